The molecule has 2 rings (SSSR count). The highest BCUT2D eigenvalue weighted by molar-refractivity contribution is 7.92. The molecule has 1 aromatic carbocycles. The van der Waals surface area contributed by atoms with Gasteiger partial charge in [0.05, 0.1) is 10.6 Å². The maximum absolute atomic E-state index is 12.3. The van der Waals surface area contributed by atoms with Gasteiger partial charge in [-0.3, -0.25) is 9.40 Å². The summed E-state index contributed by atoms with van der Waals surface area (Å²) in [5, 5.41) is 4.11. The Morgan fingerprint density at radius 2 is 2.00 bits per heavy atom. The molecule has 0 unspecified atom stereocenters. The fourth-order valence-electron chi connectivity index (χ4n) is 1.97. The van der Waals surface area contributed by atoms with Crippen LogP contribution in [0.4, 0.5) is 5.82 Å². The lowest BCUT2D eigenvalue weighted by atomic mass is 10.1. The van der Waals surface area contributed by atoms with Gasteiger partial charge in [-0.05, 0) is 37.1 Å². The Morgan fingerprint density at radius 3 is 2.50 bits per heavy atom. The molecule has 108 valence electrons. The van der Waals surface area contributed by atoms with E-state index in [4.69, 9.17) is 5.73 Å². The third-order valence-corrected chi connectivity index (χ3v) is 4.44. The number of sulfonamides is 1. The molecule has 0 bridgehead atoms. The molecule has 0 atom stereocenters. The Morgan fingerprint density at radius 1 is 1.30 bits per heavy atom. The van der Waals surface area contributed by atoms with E-state index < -0.39 is 10.0 Å². The van der Waals surface area contributed by atoms with Gasteiger partial charge >= 0.3 is 0 Å². The van der Waals surface area contributed by atoms with Crippen molar-refractivity contribution in [2.75, 3.05) is 4.72 Å². The van der Waals surface area contributed by atoms with Crippen LogP contribution in [-0.4, -0.2) is 18.2 Å². The van der Waals surface area contributed by atoms with Crippen LogP contribution in [-0.2, 0) is 23.6 Å². The number of aromatic nitrogens is 2. The van der Waals surface area contributed by atoms with Crippen molar-refractivity contribution in [1.29, 1.82) is 0 Å². The number of nitrogens with zero attached hydrogens (tertiary/aromatic N) is 2. The highest BCUT2D eigenvalue weighted by Crippen LogP contribution is 2.19. The van der Waals surface area contributed by atoms with Crippen LogP contribution in [0, 0.1) is 13.8 Å². The van der Waals surface area contributed by atoms with Crippen molar-refractivity contribution in [3.8, 4) is 0 Å². The molecule has 0 spiro atoms. The summed E-state index contributed by atoms with van der Waals surface area (Å²) in [4.78, 5) is 0.214. The van der Waals surface area contributed by atoms with Crippen LogP contribution in [0.5, 0.6) is 0 Å². The van der Waals surface area contributed by atoms with Crippen LogP contribution in [0.1, 0.15) is 16.8 Å². The molecule has 0 radical (unpaired) electrons. The van der Waals surface area contributed by atoms with E-state index in [1.54, 1.807) is 38.2 Å². The van der Waals surface area contributed by atoms with Crippen molar-refractivity contribution in [3.63, 3.8) is 0 Å². The van der Waals surface area contributed by atoms with Gasteiger partial charge in [-0.2, -0.15) is 5.10 Å². The predicted molar refractivity (Wildman–Crippen MR) is 77.8 cm³/mol. The summed E-state index contributed by atoms with van der Waals surface area (Å²) in [6.07, 6.45) is 0. The van der Waals surface area contributed by atoms with Gasteiger partial charge in [-0.15, -0.1) is 0 Å². The minimum absolute atomic E-state index is 0.214. The lowest BCUT2D eigenvalue weighted by Crippen LogP contribution is -2.16. The average molecular weight is 294 g/mol. The minimum Gasteiger partial charge on any atom is -0.326 e. The van der Waals surface area contributed by atoms with Gasteiger partial charge < -0.3 is 5.73 Å². The van der Waals surface area contributed by atoms with Gasteiger partial charge in [0.1, 0.15) is 5.82 Å². The third kappa shape index (κ3) is 2.83. The number of hydrogen-bond donors (Lipinski definition) is 2. The molecule has 1 heterocycles. The van der Waals surface area contributed by atoms with Crippen molar-refractivity contribution in [1.82, 2.24) is 9.78 Å². The van der Waals surface area contributed by atoms with Gasteiger partial charge in [0.25, 0.3) is 10.0 Å². The van der Waals surface area contributed by atoms with Gasteiger partial charge in [-0.1, -0.05) is 6.07 Å². The first kappa shape index (κ1) is 14.5. The molecule has 1 aromatic heterocycles. The summed E-state index contributed by atoms with van der Waals surface area (Å²) in [5.41, 5.74) is 8.12. The first-order valence-electron chi connectivity index (χ1n) is 6.16. The lowest BCUT2D eigenvalue weighted by molar-refractivity contribution is 0.600. The standard InChI is InChI=1S/C13H18N4O2S/c1-9-6-12(5-4-11(9)8-14)20(18,19)16-13-7-10(2)15-17(13)3/h4-7,16H,8,14H2,1-3H3. The highest BCUT2D eigenvalue weighted by Gasteiger charge is 2.17. The maximum atomic E-state index is 12.3. The molecule has 0 aliphatic rings. The molecule has 7 heteroatoms. The van der Waals surface area contributed by atoms with Gasteiger partial charge in [0.15, 0.2) is 0 Å². The van der Waals surface area contributed by atoms with Crippen LogP contribution in [0.25, 0.3) is 0 Å². The van der Waals surface area contributed by atoms with Gasteiger partial charge in [0, 0.05) is 19.7 Å². The number of nitrogens with two attached hydrogens (primary N) is 1. The van der Waals surface area contributed by atoms with E-state index in [1.807, 2.05) is 6.92 Å². The molecule has 0 fully saturated rings. The Bertz CT molecular complexity index is 735. The average Bonchev–Trinajstić information content (AvgIpc) is 2.67. The van der Waals surface area contributed by atoms with Crippen LogP contribution < -0.4 is 10.5 Å². The maximum Gasteiger partial charge on any atom is 0.263 e. The number of nitrogens with one attached hydrogen (secondary N) is 1. The zero-order valence-electron chi connectivity index (χ0n) is 11.7. The Kier molecular flexibility index (Phi) is 3.82. The monoisotopic (exact) mass is 294 g/mol. The smallest absolute Gasteiger partial charge is 0.263 e. The van der Waals surface area contributed by atoms with E-state index in [-0.39, 0.29) is 4.90 Å². The molecule has 3 N–H and O–H groups in total. The van der Waals surface area contributed by atoms with E-state index in [1.165, 1.54) is 4.68 Å². The second kappa shape index (κ2) is 5.26. The van der Waals surface area contributed by atoms with Crippen LogP contribution >= 0.6 is 0 Å². The number of rotatable bonds is 4. The molecule has 0 saturated heterocycles. The van der Waals surface area contributed by atoms with Crippen molar-refractivity contribution < 1.29 is 8.42 Å². The molecule has 0 aliphatic carbocycles. The minimum atomic E-state index is -3.62. The normalized spacial score (nSPS) is 11.6. The largest absolute Gasteiger partial charge is 0.326 e. The zero-order chi connectivity index (χ0) is 14.9. The molecule has 2 aromatic rings. The number of benzene rings is 1. The highest BCUT2D eigenvalue weighted by atomic mass is 32.2. The fourth-order valence-corrected chi connectivity index (χ4v) is 3.13. The molecule has 6 nitrogen and oxygen atoms in total. The molecule has 0 aliphatic heterocycles. The van der Waals surface area contributed by atoms with Crippen LogP contribution in [0.15, 0.2) is 29.2 Å². The van der Waals surface area contributed by atoms with E-state index in [2.05, 4.69) is 9.82 Å². The first-order chi connectivity index (χ1) is 9.33. The summed E-state index contributed by atoms with van der Waals surface area (Å²) >= 11 is 0. The first-order valence-corrected chi connectivity index (χ1v) is 7.65. The quantitative estimate of drug-likeness (QED) is 0.889. The fraction of sp³-hybridized carbons (Fsp3) is 0.308. The van der Waals surface area contributed by atoms with E-state index in [9.17, 15) is 8.42 Å². The second-order valence-corrected chi connectivity index (χ2v) is 6.37. The molecule has 20 heavy (non-hydrogen) atoms. The van der Waals surface area contributed by atoms with Crippen molar-refractivity contribution in [3.05, 3.63) is 41.1 Å². The molecule has 0 amide bonds. The van der Waals surface area contributed by atoms with Crippen molar-refractivity contribution >= 4 is 15.8 Å². The van der Waals surface area contributed by atoms with Gasteiger partial charge in [0.2, 0.25) is 0 Å². The summed E-state index contributed by atoms with van der Waals surface area (Å²) in [6, 6.07) is 6.59. The number of hydrogen-bond acceptors (Lipinski definition) is 4. The Balaban J connectivity index is 2.35. The topological polar surface area (TPSA) is 90.0 Å². The number of anilines is 1. The van der Waals surface area contributed by atoms with Crippen molar-refractivity contribution in [2.45, 2.75) is 25.3 Å². The zero-order valence-corrected chi connectivity index (χ0v) is 12.5. The van der Waals surface area contributed by atoms with Crippen molar-refractivity contribution in [2.24, 2.45) is 12.8 Å². The molecular formula is C13H18N4O2S. The second-order valence-electron chi connectivity index (χ2n) is 4.69. The lowest BCUT2D eigenvalue weighted by Gasteiger charge is -2.10. The molecule has 0 saturated carbocycles. The SMILES string of the molecule is Cc1cc(NS(=O)(=O)c2ccc(CN)c(C)c2)n(C)n1. The predicted octanol–water partition coefficient (Wildman–Crippen LogP) is 1.30. The summed E-state index contributed by atoms with van der Waals surface area (Å²) in [5.74, 6) is 0.433. The third-order valence-electron chi connectivity index (χ3n) is 3.09. The van der Waals surface area contributed by atoms with E-state index in [0.717, 1.165) is 16.8 Å². The number of aryl methyl sites for hydroxylation is 3. The van der Waals surface area contributed by atoms with Crippen LogP contribution in [0.2, 0.25) is 0 Å². The molecular weight excluding hydrogens is 276 g/mol. The van der Waals surface area contributed by atoms with E-state index >= 15 is 0 Å². The summed E-state index contributed by atoms with van der Waals surface area (Å²) in [6.45, 7) is 4.04. The van der Waals surface area contributed by atoms with E-state index in [0.29, 0.717) is 12.4 Å². The van der Waals surface area contributed by atoms with Gasteiger partial charge in [-0.25, -0.2) is 8.42 Å². The summed E-state index contributed by atoms with van der Waals surface area (Å²) < 4.78 is 28.7. The Hall–Kier alpha value is -1.86. The summed E-state index contributed by atoms with van der Waals surface area (Å²) in [7, 11) is -1.93. The van der Waals surface area contributed by atoms with Crippen LogP contribution in [0.3, 0.4) is 0 Å². The Labute approximate surface area is 118 Å².